The van der Waals surface area contributed by atoms with E-state index in [4.69, 9.17) is 4.74 Å². The molecule has 36 heavy (non-hydrogen) atoms. The molecule has 1 aliphatic heterocycles. The maximum atomic E-state index is 14.3. The first kappa shape index (κ1) is 23.7. The molecule has 1 unspecified atom stereocenters. The SMILES string of the molecule is COc1ccc(-c2cnc3c(Nc4ccc(C(=O)NCC5(O)CCNC5)c(C)c4)nccn23)cc1F. The fourth-order valence-electron chi connectivity index (χ4n) is 4.40. The van der Waals surface area contributed by atoms with Gasteiger partial charge in [-0.3, -0.25) is 9.20 Å². The Morgan fingerprint density at radius 3 is 2.86 bits per heavy atom. The molecular formula is C26H27FN6O3. The monoisotopic (exact) mass is 490 g/mol. The largest absolute Gasteiger partial charge is 0.494 e. The van der Waals surface area contributed by atoms with Crippen molar-refractivity contribution in [3.63, 3.8) is 0 Å². The summed E-state index contributed by atoms with van der Waals surface area (Å²) < 4.78 is 21.1. The molecule has 186 valence electrons. The van der Waals surface area contributed by atoms with Gasteiger partial charge in [0.15, 0.2) is 23.0 Å². The number of β-amino-alcohol motifs (C(OH)–C–C–N with tert-alkyl or cyclic N) is 1. The van der Waals surface area contributed by atoms with Gasteiger partial charge in [0.1, 0.15) is 0 Å². The van der Waals surface area contributed by atoms with Gasteiger partial charge in [0.25, 0.3) is 5.91 Å². The minimum atomic E-state index is -0.907. The highest BCUT2D eigenvalue weighted by Gasteiger charge is 2.31. The number of nitrogens with zero attached hydrogens (tertiary/aromatic N) is 3. The number of hydrogen-bond acceptors (Lipinski definition) is 7. The molecule has 10 heteroatoms. The fourth-order valence-corrected chi connectivity index (χ4v) is 4.40. The lowest BCUT2D eigenvalue weighted by molar-refractivity contribution is 0.0561. The zero-order valence-electron chi connectivity index (χ0n) is 20.0. The molecule has 0 saturated carbocycles. The number of aliphatic hydroxyl groups is 1. The Bertz CT molecular complexity index is 1430. The normalized spacial score (nSPS) is 17.3. The number of aromatic nitrogens is 3. The Labute approximate surface area is 207 Å². The van der Waals surface area contributed by atoms with Crippen LogP contribution in [0.15, 0.2) is 55.0 Å². The van der Waals surface area contributed by atoms with Crippen LogP contribution >= 0.6 is 0 Å². The minimum Gasteiger partial charge on any atom is -0.494 e. The number of anilines is 2. The van der Waals surface area contributed by atoms with Crippen molar-refractivity contribution in [1.29, 1.82) is 0 Å². The van der Waals surface area contributed by atoms with Crippen molar-refractivity contribution in [3.05, 3.63) is 71.9 Å². The van der Waals surface area contributed by atoms with Gasteiger partial charge in [-0.25, -0.2) is 14.4 Å². The second-order valence-electron chi connectivity index (χ2n) is 8.95. The summed E-state index contributed by atoms with van der Waals surface area (Å²) in [5.41, 5.74) is 3.08. The first-order valence-corrected chi connectivity index (χ1v) is 11.6. The number of hydrogen-bond donors (Lipinski definition) is 4. The van der Waals surface area contributed by atoms with E-state index >= 15 is 0 Å². The first-order valence-electron chi connectivity index (χ1n) is 11.6. The van der Waals surface area contributed by atoms with E-state index in [1.807, 2.05) is 17.4 Å². The molecule has 5 rings (SSSR count). The molecule has 1 amide bonds. The Kier molecular flexibility index (Phi) is 6.29. The van der Waals surface area contributed by atoms with E-state index in [-0.39, 0.29) is 18.2 Å². The standard InChI is InChI=1S/C26H27FN6O3/c1-16-11-18(4-5-19(16)25(34)31-15-26(35)7-8-28-14-26)32-23-24-30-13-21(33(24)10-9-29-23)17-3-6-22(36-2)20(27)12-17/h3-6,9-13,28,35H,7-8,14-15H2,1-2H3,(H,29,32)(H,31,34). The molecule has 0 bridgehead atoms. The van der Waals surface area contributed by atoms with Gasteiger partial charge in [0.05, 0.1) is 24.6 Å². The van der Waals surface area contributed by atoms with Crippen LogP contribution in [-0.4, -0.2) is 57.7 Å². The van der Waals surface area contributed by atoms with E-state index in [1.165, 1.54) is 13.2 Å². The molecule has 2 aromatic heterocycles. The number of aryl methyl sites for hydroxylation is 1. The van der Waals surface area contributed by atoms with Crippen LogP contribution in [0.4, 0.5) is 15.9 Å². The van der Waals surface area contributed by atoms with Crippen molar-refractivity contribution < 1.29 is 19.0 Å². The summed E-state index contributed by atoms with van der Waals surface area (Å²) >= 11 is 0. The highest BCUT2D eigenvalue weighted by Crippen LogP contribution is 2.28. The highest BCUT2D eigenvalue weighted by molar-refractivity contribution is 5.96. The molecule has 3 heterocycles. The van der Waals surface area contributed by atoms with Gasteiger partial charge >= 0.3 is 0 Å². The van der Waals surface area contributed by atoms with Crippen LogP contribution in [0.5, 0.6) is 5.75 Å². The van der Waals surface area contributed by atoms with Crippen LogP contribution in [0.1, 0.15) is 22.3 Å². The number of amides is 1. The summed E-state index contributed by atoms with van der Waals surface area (Å²) in [5.74, 6) is 0.0102. The first-order chi connectivity index (χ1) is 17.4. The van der Waals surface area contributed by atoms with E-state index in [1.54, 1.807) is 42.9 Å². The number of imidazole rings is 1. The second kappa shape index (κ2) is 9.56. The molecule has 1 saturated heterocycles. The fraction of sp³-hybridized carbons (Fsp3) is 0.269. The average molecular weight is 491 g/mol. The number of fused-ring (bicyclic) bond motifs is 1. The van der Waals surface area contributed by atoms with E-state index in [0.29, 0.717) is 41.3 Å². The van der Waals surface area contributed by atoms with Crippen molar-refractivity contribution in [2.45, 2.75) is 18.9 Å². The Morgan fingerprint density at radius 1 is 1.28 bits per heavy atom. The lowest BCUT2D eigenvalue weighted by Crippen LogP contribution is -2.44. The number of carbonyl (C=O) groups is 1. The number of rotatable bonds is 7. The van der Waals surface area contributed by atoms with Gasteiger partial charge in [0.2, 0.25) is 0 Å². The summed E-state index contributed by atoms with van der Waals surface area (Å²) in [6.45, 7) is 3.26. The number of benzene rings is 2. The summed E-state index contributed by atoms with van der Waals surface area (Å²) in [7, 11) is 1.43. The summed E-state index contributed by atoms with van der Waals surface area (Å²) in [6, 6.07) is 10.1. The third-order valence-corrected chi connectivity index (χ3v) is 6.41. The van der Waals surface area contributed by atoms with Gasteiger partial charge in [-0.05, 0) is 61.9 Å². The molecule has 4 N–H and O–H groups in total. The van der Waals surface area contributed by atoms with E-state index in [2.05, 4.69) is 25.9 Å². The lowest BCUT2D eigenvalue weighted by Gasteiger charge is -2.21. The maximum Gasteiger partial charge on any atom is 0.251 e. The molecular weight excluding hydrogens is 463 g/mol. The van der Waals surface area contributed by atoms with Crippen LogP contribution in [-0.2, 0) is 0 Å². The number of halogens is 1. The Balaban J connectivity index is 1.35. The quantitative estimate of drug-likeness (QED) is 0.315. The Hall–Kier alpha value is -4.02. The topological polar surface area (TPSA) is 113 Å². The van der Waals surface area contributed by atoms with Crippen LogP contribution < -0.4 is 20.7 Å². The van der Waals surface area contributed by atoms with Gasteiger partial charge < -0.3 is 25.8 Å². The minimum absolute atomic E-state index is 0.176. The highest BCUT2D eigenvalue weighted by atomic mass is 19.1. The molecule has 1 aliphatic rings. The van der Waals surface area contributed by atoms with Crippen molar-refractivity contribution in [2.75, 3.05) is 32.1 Å². The molecule has 0 aliphatic carbocycles. The molecule has 9 nitrogen and oxygen atoms in total. The third-order valence-electron chi connectivity index (χ3n) is 6.41. The molecule has 1 atom stereocenters. The van der Waals surface area contributed by atoms with Crippen LogP contribution in [0.3, 0.4) is 0 Å². The van der Waals surface area contributed by atoms with Crippen molar-refractivity contribution in [3.8, 4) is 17.0 Å². The Morgan fingerprint density at radius 2 is 2.14 bits per heavy atom. The zero-order chi connectivity index (χ0) is 25.3. The van der Waals surface area contributed by atoms with E-state index in [0.717, 1.165) is 17.8 Å². The molecule has 4 aromatic rings. The molecule has 0 radical (unpaired) electrons. The van der Waals surface area contributed by atoms with Gasteiger partial charge in [-0.1, -0.05) is 0 Å². The van der Waals surface area contributed by atoms with Crippen LogP contribution in [0.25, 0.3) is 16.9 Å². The van der Waals surface area contributed by atoms with Crippen molar-refractivity contribution in [1.82, 2.24) is 25.0 Å². The number of carbonyl (C=O) groups excluding carboxylic acids is 1. The van der Waals surface area contributed by atoms with Crippen molar-refractivity contribution in [2.24, 2.45) is 0 Å². The molecule has 2 aromatic carbocycles. The number of nitrogens with one attached hydrogen (secondary N) is 3. The number of methoxy groups -OCH3 is 1. The average Bonchev–Trinajstić information content (AvgIpc) is 3.50. The smallest absolute Gasteiger partial charge is 0.251 e. The summed E-state index contributed by atoms with van der Waals surface area (Å²) in [6.07, 6.45) is 5.67. The van der Waals surface area contributed by atoms with Crippen molar-refractivity contribution >= 4 is 23.1 Å². The van der Waals surface area contributed by atoms with E-state index < -0.39 is 11.4 Å². The maximum absolute atomic E-state index is 14.3. The molecule has 0 spiro atoms. The predicted molar refractivity (Wildman–Crippen MR) is 134 cm³/mol. The molecule has 1 fully saturated rings. The zero-order valence-corrected chi connectivity index (χ0v) is 20.0. The van der Waals surface area contributed by atoms with Gasteiger partial charge in [-0.15, -0.1) is 0 Å². The lowest BCUT2D eigenvalue weighted by atomic mass is 10.0. The van der Waals surface area contributed by atoms with E-state index in [9.17, 15) is 14.3 Å². The van der Waals surface area contributed by atoms with Gasteiger partial charge in [-0.2, -0.15) is 0 Å². The summed E-state index contributed by atoms with van der Waals surface area (Å²) in [4.78, 5) is 21.6. The van der Waals surface area contributed by atoms with Gasteiger partial charge in [0, 0.05) is 42.3 Å². The second-order valence-corrected chi connectivity index (χ2v) is 8.95. The number of ether oxygens (including phenoxy) is 1. The predicted octanol–water partition coefficient (Wildman–Crippen LogP) is 3.05. The van der Waals surface area contributed by atoms with Crippen LogP contribution in [0.2, 0.25) is 0 Å². The summed E-state index contributed by atoms with van der Waals surface area (Å²) in [5, 5.41) is 19.6. The van der Waals surface area contributed by atoms with Crippen LogP contribution in [0, 0.1) is 12.7 Å². The third kappa shape index (κ3) is 4.60.